The predicted molar refractivity (Wildman–Crippen MR) is 131 cm³/mol. The molecule has 0 saturated heterocycles. The highest BCUT2D eigenvalue weighted by Gasteiger charge is 2.61. The lowest BCUT2D eigenvalue weighted by molar-refractivity contribution is -0.159. The van der Waals surface area contributed by atoms with Gasteiger partial charge in [-0.25, -0.2) is 8.42 Å². The van der Waals surface area contributed by atoms with Crippen LogP contribution < -0.4 is 10.5 Å². The standard InChI is InChI=1S/C26H35ClN2O4S/c1-17-20(27)6-5-7-21(17)34(32,33)29-26(8-3-2-4-9-26)22(30)15-24-11-18-10-19(12-24)14-25(13-18,16-24)23(28)31/h5-7,18-19,29H,2-4,8-16H2,1H3,(H2,28,31). The van der Waals surface area contributed by atoms with Gasteiger partial charge in [-0.2, -0.15) is 4.72 Å². The third-order valence-corrected chi connectivity index (χ3v) is 11.4. The minimum atomic E-state index is -3.94. The largest absolute Gasteiger partial charge is 0.369 e. The van der Waals surface area contributed by atoms with Crippen LogP contribution in [0, 0.1) is 29.6 Å². The van der Waals surface area contributed by atoms with E-state index in [1.807, 2.05) is 0 Å². The molecule has 5 aliphatic rings. The summed E-state index contributed by atoms with van der Waals surface area (Å²) in [6.07, 6.45) is 9.34. The van der Waals surface area contributed by atoms with Gasteiger partial charge in [-0.1, -0.05) is 36.9 Å². The highest BCUT2D eigenvalue weighted by molar-refractivity contribution is 7.89. The molecular weight excluding hydrogens is 472 g/mol. The van der Waals surface area contributed by atoms with Gasteiger partial charge in [0.1, 0.15) is 0 Å². The average Bonchev–Trinajstić information content (AvgIpc) is 2.74. The van der Waals surface area contributed by atoms with Gasteiger partial charge < -0.3 is 5.73 Å². The zero-order chi connectivity index (χ0) is 24.4. The number of carbonyl (C=O) groups is 2. The Hall–Kier alpha value is -1.44. The molecular formula is C26H35ClN2O4S. The van der Waals surface area contributed by atoms with Crippen LogP contribution in [0.2, 0.25) is 5.02 Å². The van der Waals surface area contributed by atoms with E-state index in [2.05, 4.69) is 4.72 Å². The fraction of sp³-hybridized carbons (Fsp3) is 0.692. The van der Waals surface area contributed by atoms with Crippen molar-refractivity contribution in [3.05, 3.63) is 28.8 Å². The van der Waals surface area contributed by atoms with E-state index in [4.69, 9.17) is 17.3 Å². The first-order chi connectivity index (χ1) is 16.0. The first kappa shape index (κ1) is 24.3. The minimum Gasteiger partial charge on any atom is -0.369 e. The van der Waals surface area contributed by atoms with Crippen molar-refractivity contribution in [2.45, 2.75) is 94.4 Å². The van der Waals surface area contributed by atoms with E-state index in [9.17, 15) is 18.0 Å². The van der Waals surface area contributed by atoms with Crippen LogP contribution >= 0.6 is 11.6 Å². The van der Waals surface area contributed by atoms with Gasteiger partial charge in [0.2, 0.25) is 15.9 Å². The van der Waals surface area contributed by atoms with Gasteiger partial charge in [-0.3, -0.25) is 9.59 Å². The van der Waals surface area contributed by atoms with E-state index in [0.717, 1.165) is 51.4 Å². The van der Waals surface area contributed by atoms with Crippen LogP contribution in [0.1, 0.15) is 82.6 Å². The van der Waals surface area contributed by atoms with Crippen LogP contribution in [0.4, 0.5) is 0 Å². The highest BCUT2D eigenvalue weighted by Crippen LogP contribution is 2.66. The lowest BCUT2D eigenvalue weighted by Gasteiger charge is -2.61. The number of hydrogen-bond acceptors (Lipinski definition) is 4. The molecule has 2 atom stereocenters. The molecule has 34 heavy (non-hydrogen) atoms. The lowest BCUT2D eigenvalue weighted by Crippen LogP contribution is -2.60. The van der Waals surface area contributed by atoms with Crippen molar-refractivity contribution in [1.29, 1.82) is 0 Å². The zero-order valence-electron chi connectivity index (χ0n) is 19.9. The number of carbonyl (C=O) groups excluding carboxylic acids is 2. The number of halogens is 1. The third kappa shape index (κ3) is 4.01. The van der Waals surface area contributed by atoms with Crippen LogP contribution in [0.3, 0.4) is 0 Å². The first-order valence-electron chi connectivity index (χ1n) is 12.6. The smallest absolute Gasteiger partial charge is 0.241 e. The van der Waals surface area contributed by atoms with Crippen molar-refractivity contribution >= 4 is 33.3 Å². The molecule has 1 aromatic rings. The molecule has 5 aliphatic carbocycles. The molecule has 1 aromatic carbocycles. The Bertz CT molecular complexity index is 1110. The molecule has 2 unspecified atom stereocenters. The number of ketones is 1. The van der Waals surface area contributed by atoms with Gasteiger partial charge in [0.05, 0.1) is 15.8 Å². The Labute approximate surface area is 207 Å². The number of hydrogen-bond donors (Lipinski definition) is 2. The Kier molecular flexibility index (Phi) is 5.93. The van der Waals surface area contributed by atoms with Crippen LogP contribution in [0.15, 0.2) is 23.1 Å². The molecule has 5 fully saturated rings. The maximum Gasteiger partial charge on any atom is 0.241 e. The molecule has 4 bridgehead atoms. The summed E-state index contributed by atoms with van der Waals surface area (Å²) < 4.78 is 29.9. The summed E-state index contributed by atoms with van der Waals surface area (Å²) in [6.45, 7) is 1.69. The summed E-state index contributed by atoms with van der Waals surface area (Å²) in [5, 5.41) is 0.386. The molecule has 0 radical (unpaired) electrons. The number of nitrogens with two attached hydrogens (primary N) is 1. The monoisotopic (exact) mass is 506 g/mol. The van der Waals surface area contributed by atoms with Crippen molar-refractivity contribution in [1.82, 2.24) is 4.72 Å². The molecule has 3 N–H and O–H groups in total. The van der Waals surface area contributed by atoms with Crippen molar-refractivity contribution < 1.29 is 18.0 Å². The Morgan fingerprint density at radius 3 is 2.35 bits per heavy atom. The lowest BCUT2D eigenvalue weighted by atomic mass is 9.43. The molecule has 6 rings (SSSR count). The molecule has 186 valence electrons. The fourth-order valence-corrected chi connectivity index (χ4v) is 10.2. The number of amides is 1. The van der Waals surface area contributed by atoms with Crippen LogP contribution in [0.25, 0.3) is 0 Å². The predicted octanol–water partition coefficient (Wildman–Crippen LogP) is 4.66. The van der Waals surface area contributed by atoms with E-state index in [0.29, 0.717) is 48.1 Å². The number of benzene rings is 1. The quantitative estimate of drug-likeness (QED) is 0.560. The Morgan fingerprint density at radius 2 is 1.74 bits per heavy atom. The number of nitrogens with one attached hydrogen (secondary N) is 1. The minimum absolute atomic E-state index is 0.0166. The highest BCUT2D eigenvalue weighted by atomic mass is 35.5. The Balaban J connectivity index is 1.44. The normalized spacial score (nSPS) is 34.2. The first-order valence-corrected chi connectivity index (χ1v) is 14.5. The number of Topliss-reactive ketones (excluding diaryl/α,β-unsaturated/α-hetero) is 1. The molecule has 0 heterocycles. The summed E-state index contributed by atoms with van der Waals surface area (Å²) in [5.74, 6) is 0.643. The zero-order valence-corrected chi connectivity index (χ0v) is 21.4. The van der Waals surface area contributed by atoms with Crippen LogP contribution in [0.5, 0.6) is 0 Å². The molecule has 0 aromatic heterocycles. The second-order valence-corrected chi connectivity index (χ2v) is 13.9. The van der Waals surface area contributed by atoms with E-state index in [1.54, 1.807) is 25.1 Å². The summed E-state index contributed by atoms with van der Waals surface area (Å²) in [5.41, 5.74) is 4.56. The van der Waals surface area contributed by atoms with Gasteiger partial charge in [-0.15, -0.1) is 0 Å². The summed E-state index contributed by atoms with van der Waals surface area (Å²) in [4.78, 5) is 26.7. The molecule has 0 aliphatic heterocycles. The van der Waals surface area contributed by atoms with Crippen molar-refractivity contribution in [3.63, 3.8) is 0 Å². The molecule has 5 saturated carbocycles. The summed E-state index contributed by atoms with van der Waals surface area (Å²) in [7, 11) is -3.94. The maximum absolute atomic E-state index is 14.1. The molecule has 1 amide bonds. The van der Waals surface area contributed by atoms with Crippen molar-refractivity contribution in [3.8, 4) is 0 Å². The summed E-state index contributed by atoms with van der Waals surface area (Å²) in [6, 6.07) is 4.83. The van der Waals surface area contributed by atoms with Gasteiger partial charge in [0.15, 0.2) is 5.78 Å². The second-order valence-electron chi connectivity index (χ2n) is 11.8. The van der Waals surface area contributed by atoms with Gasteiger partial charge in [-0.05, 0) is 93.2 Å². The van der Waals surface area contributed by atoms with E-state index >= 15 is 0 Å². The number of primary amides is 1. The van der Waals surface area contributed by atoms with E-state index in [-0.39, 0.29) is 22.0 Å². The van der Waals surface area contributed by atoms with E-state index < -0.39 is 21.0 Å². The van der Waals surface area contributed by atoms with Crippen LogP contribution in [-0.4, -0.2) is 25.6 Å². The van der Waals surface area contributed by atoms with Crippen molar-refractivity contribution in [2.24, 2.45) is 28.4 Å². The molecule has 0 spiro atoms. The third-order valence-electron chi connectivity index (χ3n) is 9.32. The molecule has 6 nitrogen and oxygen atoms in total. The summed E-state index contributed by atoms with van der Waals surface area (Å²) >= 11 is 6.21. The average molecular weight is 507 g/mol. The van der Waals surface area contributed by atoms with Gasteiger partial charge in [0.25, 0.3) is 0 Å². The molecule has 8 heteroatoms. The SMILES string of the molecule is Cc1c(Cl)cccc1S(=O)(=O)NC1(C(=O)CC23CC4CC(C2)CC(C(N)=O)(C4)C3)CCCCC1. The van der Waals surface area contributed by atoms with Crippen LogP contribution in [-0.2, 0) is 19.6 Å². The van der Waals surface area contributed by atoms with Crippen molar-refractivity contribution in [2.75, 3.05) is 0 Å². The van der Waals surface area contributed by atoms with E-state index in [1.165, 1.54) is 0 Å². The second kappa shape index (κ2) is 8.31. The Morgan fingerprint density at radius 1 is 1.09 bits per heavy atom. The fourth-order valence-electron chi connectivity index (χ4n) is 8.24. The maximum atomic E-state index is 14.1. The number of sulfonamides is 1. The van der Waals surface area contributed by atoms with Gasteiger partial charge >= 0.3 is 0 Å². The van der Waals surface area contributed by atoms with Gasteiger partial charge in [0, 0.05) is 11.4 Å². The topological polar surface area (TPSA) is 106 Å². The number of rotatable bonds is 7.